The average molecular weight is 404 g/mol. The van der Waals surface area contributed by atoms with Crippen LogP contribution in [0.5, 0.6) is 0 Å². The minimum atomic E-state index is -0.264. The van der Waals surface area contributed by atoms with Crippen LogP contribution in [0.25, 0.3) is 0 Å². The van der Waals surface area contributed by atoms with Crippen LogP contribution in [0.1, 0.15) is 29.7 Å². The fraction of sp³-hybridized carbons (Fsp3) is 0.526. The predicted octanol–water partition coefficient (Wildman–Crippen LogP) is 2.65. The van der Waals surface area contributed by atoms with Crippen LogP contribution in [0.15, 0.2) is 23.0 Å². The molecule has 142 valence electrons. The second-order valence-electron chi connectivity index (χ2n) is 7.41. The average Bonchev–Trinajstić information content (AvgIpc) is 3.42. The third kappa shape index (κ3) is 2.90. The Morgan fingerprint density at radius 1 is 1.26 bits per heavy atom. The highest BCUT2D eigenvalue weighted by atomic mass is 32.1. The summed E-state index contributed by atoms with van der Waals surface area (Å²) in [4.78, 5) is 34.5. The monoisotopic (exact) mass is 403 g/mol. The molecule has 8 heteroatoms. The SMILES string of the molecule is O=C(C1CC(=O)N(c2nccs2)C1)N1CCC2(CC1)OCCc1ccsc12. The van der Waals surface area contributed by atoms with Gasteiger partial charge in [-0.25, -0.2) is 4.98 Å². The summed E-state index contributed by atoms with van der Waals surface area (Å²) in [6.45, 7) is 2.59. The lowest BCUT2D eigenvalue weighted by molar-refractivity contribution is -0.144. The zero-order valence-electron chi connectivity index (χ0n) is 14.9. The normalized spacial score (nSPS) is 24.4. The molecule has 0 aliphatic carbocycles. The van der Waals surface area contributed by atoms with Gasteiger partial charge in [-0.3, -0.25) is 14.5 Å². The molecule has 0 saturated carbocycles. The molecule has 2 aromatic heterocycles. The number of aromatic nitrogens is 1. The number of nitrogens with zero attached hydrogens (tertiary/aromatic N) is 3. The first-order valence-corrected chi connectivity index (χ1v) is 11.1. The van der Waals surface area contributed by atoms with Gasteiger partial charge in [0.25, 0.3) is 0 Å². The van der Waals surface area contributed by atoms with Crippen LogP contribution in [0.3, 0.4) is 0 Å². The molecule has 5 heterocycles. The van der Waals surface area contributed by atoms with Crippen molar-refractivity contribution in [3.63, 3.8) is 0 Å². The molecule has 1 spiro atoms. The molecule has 2 saturated heterocycles. The van der Waals surface area contributed by atoms with Crippen molar-refractivity contribution in [2.75, 3.05) is 31.1 Å². The van der Waals surface area contributed by atoms with Crippen LogP contribution >= 0.6 is 22.7 Å². The summed E-state index contributed by atoms with van der Waals surface area (Å²) in [7, 11) is 0. The summed E-state index contributed by atoms with van der Waals surface area (Å²) in [5, 5.41) is 4.69. The van der Waals surface area contributed by atoms with Crippen LogP contribution < -0.4 is 4.90 Å². The van der Waals surface area contributed by atoms with Crippen LogP contribution in [0, 0.1) is 5.92 Å². The number of carbonyl (C=O) groups excluding carboxylic acids is 2. The van der Waals surface area contributed by atoms with Crippen molar-refractivity contribution < 1.29 is 14.3 Å². The number of hydrogen-bond acceptors (Lipinski definition) is 6. The van der Waals surface area contributed by atoms with Crippen molar-refractivity contribution in [2.45, 2.75) is 31.3 Å². The molecule has 0 N–H and O–H groups in total. The largest absolute Gasteiger partial charge is 0.369 e. The van der Waals surface area contributed by atoms with E-state index in [0.29, 0.717) is 24.8 Å². The minimum absolute atomic E-state index is 0.00405. The summed E-state index contributed by atoms with van der Waals surface area (Å²) in [5.74, 6) is -0.171. The molecule has 27 heavy (non-hydrogen) atoms. The smallest absolute Gasteiger partial charge is 0.229 e. The number of anilines is 1. The summed E-state index contributed by atoms with van der Waals surface area (Å²) in [6, 6.07) is 2.21. The first-order valence-electron chi connectivity index (χ1n) is 9.36. The number of likely N-dealkylation sites (tertiary alicyclic amines) is 1. The van der Waals surface area contributed by atoms with E-state index in [1.807, 2.05) is 10.3 Å². The van der Waals surface area contributed by atoms with E-state index < -0.39 is 0 Å². The van der Waals surface area contributed by atoms with Crippen LogP contribution in [0.2, 0.25) is 0 Å². The molecule has 1 unspecified atom stereocenters. The molecule has 2 aromatic rings. The van der Waals surface area contributed by atoms with E-state index in [-0.39, 0.29) is 29.8 Å². The maximum absolute atomic E-state index is 13.0. The molecule has 2 amide bonds. The Labute approximate surface area is 165 Å². The summed E-state index contributed by atoms with van der Waals surface area (Å²) in [5.41, 5.74) is 1.20. The first-order chi connectivity index (χ1) is 13.2. The Morgan fingerprint density at radius 2 is 2.11 bits per heavy atom. The van der Waals surface area contributed by atoms with Crippen molar-refractivity contribution in [3.05, 3.63) is 33.5 Å². The third-order valence-electron chi connectivity index (χ3n) is 5.92. The van der Waals surface area contributed by atoms with Crippen LogP contribution in [-0.4, -0.2) is 47.9 Å². The van der Waals surface area contributed by atoms with Crippen molar-refractivity contribution in [1.82, 2.24) is 9.88 Å². The van der Waals surface area contributed by atoms with Gasteiger partial charge < -0.3 is 9.64 Å². The van der Waals surface area contributed by atoms with Gasteiger partial charge in [0.2, 0.25) is 11.8 Å². The highest BCUT2D eigenvalue weighted by Crippen LogP contribution is 2.44. The molecule has 5 rings (SSSR count). The van der Waals surface area contributed by atoms with E-state index in [2.05, 4.69) is 16.4 Å². The maximum atomic E-state index is 13.0. The van der Waals surface area contributed by atoms with E-state index in [4.69, 9.17) is 4.74 Å². The predicted molar refractivity (Wildman–Crippen MR) is 104 cm³/mol. The maximum Gasteiger partial charge on any atom is 0.229 e. The van der Waals surface area contributed by atoms with E-state index in [9.17, 15) is 9.59 Å². The number of piperidine rings is 1. The quantitative estimate of drug-likeness (QED) is 0.773. The second kappa shape index (κ2) is 6.68. The number of amides is 2. The zero-order valence-corrected chi connectivity index (χ0v) is 16.6. The second-order valence-corrected chi connectivity index (χ2v) is 9.20. The molecule has 6 nitrogen and oxygen atoms in total. The lowest BCUT2D eigenvalue weighted by Crippen LogP contribution is -2.49. The third-order valence-corrected chi connectivity index (χ3v) is 7.85. The van der Waals surface area contributed by atoms with Gasteiger partial charge in [-0.1, -0.05) is 0 Å². The minimum Gasteiger partial charge on any atom is -0.369 e. The Morgan fingerprint density at radius 3 is 2.89 bits per heavy atom. The van der Waals surface area contributed by atoms with E-state index in [1.165, 1.54) is 21.8 Å². The number of ether oxygens (including phenoxy) is 1. The van der Waals surface area contributed by atoms with Gasteiger partial charge in [-0.05, 0) is 36.3 Å². The van der Waals surface area contributed by atoms with E-state index in [0.717, 1.165) is 25.9 Å². The Balaban J connectivity index is 1.26. The lowest BCUT2D eigenvalue weighted by atomic mass is 9.85. The molecule has 3 aliphatic rings. The van der Waals surface area contributed by atoms with E-state index in [1.54, 1.807) is 22.4 Å². The Hall–Kier alpha value is -1.77. The number of fused-ring (bicyclic) bond motifs is 2. The summed E-state index contributed by atoms with van der Waals surface area (Å²) >= 11 is 3.22. The highest BCUT2D eigenvalue weighted by molar-refractivity contribution is 7.13. The molecule has 1 atom stereocenters. The standard InChI is InChI=1S/C19H21N3O3S2/c23-15-11-14(12-22(15)18-20-5-10-27-18)17(24)21-6-3-19(4-7-21)16-13(1-8-25-19)2-9-26-16/h2,5,9-10,14H,1,3-4,6-8,11-12H2. The van der Waals surface area contributed by atoms with Crippen molar-refractivity contribution in [1.29, 1.82) is 0 Å². The fourth-order valence-electron chi connectivity index (χ4n) is 4.48. The van der Waals surface area contributed by atoms with Crippen molar-refractivity contribution >= 4 is 39.6 Å². The zero-order chi connectivity index (χ0) is 18.4. The van der Waals surface area contributed by atoms with Crippen molar-refractivity contribution in [2.24, 2.45) is 5.92 Å². The molecular formula is C19H21N3O3S2. The number of thiophene rings is 1. The number of thiazole rings is 1. The number of rotatable bonds is 2. The molecule has 0 bridgehead atoms. The van der Waals surface area contributed by atoms with Crippen molar-refractivity contribution in [3.8, 4) is 0 Å². The Kier molecular flexibility index (Phi) is 4.29. The summed E-state index contributed by atoms with van der Waals surface area (Å²) in [6.07, 6.45) is 4.63. The lowest BCUT2D eigenvalue weighted by Gasteiger charge is -2.44. The molecule has 0 aromatic carbocycles. The van der Waals surface area contributed by atoms with Gasteiger partial charge in [0.15, 0.2) is 5.13 Å². The van der Waals surface area contributed by atoms with E-state index >= 15 is 0 Å². The highest BCUT2D eigenvalue weighted by Gasteiger charge is 2.45. The van der Waals surface area contributed by atoms with Gasteiger partial charge >= 0.3 is 0 Å². The topological polar surface area (TPSA) is 62.7 Å². The molecule has 0 radical (unpaired) electrons. The number of carbonyl (C=O) groups is 2. The number of hydrogen-bond donors (Lipinski definition) is 0. The molecule has 3 aliphatic heterocycles. The fourth-order valence-corrected chi connectivity index (χ4v) is 6.32. The molecule has 2 fully saturated rings. The van der Waals surface area contributed by atoms with Crippen LogP contribution in [-0.2, 0) is 26.3 Å². The van der Waals surface area contributed by atoms with Gasteiger partial charge in [0.05, 0.1) is 12.5 Å². The first kappa shape index (κ1) is 17.3. The Bertz CT molecular complexity index is 855. The van der Waals surface area contributed by atoms with Gasteiger partial charge in [-0.15, -0.1) is 22.7 Å². The summed E-state index contributed by atoms with van der Waals surface area (Å²) < 4.78 is 6.23. The van der Waals surface area contributed by atoms with Gasteiger partial charge in [0.1, 0.15) is 5.60 Å². The molecular weight excluding hydrogens is 382 g/mol. The van der Waals surface area contributed by atoms with Gasteiger partial charge in [-0.2, -0.15) is 0 Å². The van der Waals surface area contributed by atoms with Crippen LogP contribution in [0.4, 0.5) is 5.13 Å². The van der Waals surface area contributed by atoms with Gasteiger partial charge in [0, 0.05) is 42.5 Å².